The lowest BCUT2D eigenvalue weighted by Gasteiger charge is -2.26. The van der Waals surface area contributed by atoms with Gasteiger partial charge in [0.05, 0.1) is 12.8 Å². The number of benzene rings is 1. The SMILES string of the molecule is CN(C)CC(=O)N[C@@H](Cc1c[nH]c2ccccc12)C(=O)N[C@@H](CCC(=O)C=N)C(=O)OC(C)(C)C. The Bertz CT molecular complexity index is 1070. The Hall–Kier alpha value is -3.53. The number of ketones is 1. The number of carbonyl (C=O) groups is 4. The molecule has 1 aromatic carbocycles. The molecular weight excluding hydrogens is 450 g/mol. The van der Waals surface area contributed by atoms with Crippen LogP contribution in [0.4, 0.5) is 0 Å². The standard InChI is InChI=1S/C25H35N5O5/c1-25(2,3)35-24(34)20(11-10-17(31)13-26)29-23(33)21(28-22(32)15-30(4)5)12-16-14-27-19-9-7-6-8-18(16)19/h6-9,13-14,20-21,26-27H,10-12,15H2,1-5H3,(H,28,32)(H,29,33)/t20-,21-/m0/s1. The average molecular weight is 486 g/mol. The molecule has 2 amide bonds. The van der Waals surface area contributed by atoms with Gasteiger partial charge in [-0.2, -0.15) is 0 Å². The lowest BCUT2D eigenvalue weighted by molar-refractivity contribution is -0.159. The van der Waals surface area contributed by atoms with Crippen molar-refractivity contribution in [3.05, 3.63) is 36.0 Å². The summed E-state index contributed by atoms with van der Waals surface area (Å²) in [5.41, 5.74) is 0.936. The van der Waals surface area contributed by atoms with Gasteiger partial charge < -0.3 is 30.7 Å². The van der Waals surface area contributed by atoms with Gasteiger partial charge in [0.1, 0.15) is 17.7 Å². The Labute approximate surface area is 205 Å². The Kier molecular flexibility index (Phi) is 9.70. The molecule has 190 valence electrons. The van der Waals surface area contributed by atoms with Crippen LogP contribution in [0.2, 0.25) is 0 Å². The average Bonchev–Trinajstić information content (AvgIpc) is 3.16. The minimum atomic E-state index is -1.11. The Balaban J connectivity index is 2.27. The zero-order valence-corrected chi connectivity index (χ0v) is 20.9. The van der Waals surface area contributed by atoms with Gasteiger partial charge in [0.25, 0.3) is 0 Å². The molecule has 1 aromatic heterocycles. The Morgan fingerprint density at radius 3 is 2.43 bits per heavy atom. The number of ether oxygens (including phenoxy) is 1. The molecule has 0 aliphatic carbocycles. The number of para-hydroxylation sites is 1. The number of rotatable bonds is 12. The van der Waals surface area contributed by atoms with Gasteiger partial charge >= 0.3 is 5.97 Å². The van der Waals surface area contributed by atoms with Crippen LogP contribution in [0.25, 0.3) is 10.9 Å². The number of carbonyl (C=O) groups excluding carboxylic acids is 4. The van der Waals surface area contributed by atoms with Crippen LogP contribution in [-0.4, -0.2) is 78.0 Å². The molecule has 0 aliphatic rings. The van der Waals surface area contributed by atoms with Crippen LogP contribution in [0.3, 0.4) is 0 Å². The van der Waals surface area contributed by atoms with E-state index in [2.05, 4.69) is 15.6 Å². The van der Waals surface area contributed by atoms with Crippen molar-refractivity contribution in [2.45, 2.75) is 57.7 Å². The minimum Gasteiger partial charge on any atom is -0.458 e. The van der Waals surface area contributed by atoms with Crippen LogP contribution in [0, 0.1) is 5.41 Å². The van der Waals surface area contributed by atoms with E-state index in [9.17, 15) is 19.2 Å². The van der Waals surface area contributed by atoms with E-state index in [1.807, 2.05) is 24.3 Å². The van der Waals surface area contributed by atoms with Crippen molar-refractivity contribution in [2.75, 3.05) is 20.6 Å². The fourth-order valence-corrected chi connectivity index (χ4v) is 3.51. The fourth-order valence-electron chi connectivity index (χ4n) is 3.51. The van der Waals surface area contributed by atoms with Crippen LogP contribution in [0.15, 0.2) is 30.5 Å². The predicted octanol–water partition coefficient (Wildman–Crippen LogP) is 1.58. The summed E-state index contributed by atoms with van der Waals surface area (Å²) < 4.78 is 5.42. The highest BCUT2D eigenvalue weighted by Gasteiger charge is 2.30. The zero-order chi connectivity index (χ0) is 26.2. The van der Waals surface area contributed by atoms with Crippen molar-refractivity contribution < 1.29 is 23.9 Å². The maximum absolute atomic E-state index is 13.3. The van der Waals surface area contributed by atoms with Crippen LogP contribution >= 0.6 is 0 Å². The molecule has 4 N–H and O–H groups in total. The third kappa shape index (κ3) is 8.97. The Morgan fingerprint density at radius 2 is 1.80 bits per heavy atom. The summed E-state index contributed by atoms with van der Waals surface area (Å²) >= 11 is 0. The van der Waals surface area contributed by atoms with Crippen molar-refractivity contribution >= 4 is 40.7 Å². The van der Waals surface area contributed by atoms with Crippen molar-refractivity contribution in [1.82, 2.24) is 20.5 Å². The lowest BCUT2D eigenvalue weighted by Crippen LogP contribution is -2.54. The van der Waals surface area contributed by atoms with E-state index >= 15 is 0 Å². The number of fused-ring (bicyclic) bond motifs is 1. The molecule has 35 heavy (non-hydrogen) atoms. The second-order valence-corrected chi connectivity index (χ2v) is 9.67. The van der Waals surface area contributed by atoms with Crippen molar-refractivity contribution in [3.63, 3.8) is 0 Å². The van der Waals surface area contributed by atoms with Gasteiger partial charge in [-0.3, -0.25) is 14.4 Å². The number of hydrogen-bond donors (Lipinski definition) is 4. The van der Waals surface area contributed by atoms with Gasteiger partial charge in [0.15, 0.2) is 5.78 Å². The molecule has 0 unspecified atom stereocenters. The summed E-state index contributed by atoms with van der Waals surface area (Å²) in [5.74, 6) is -2.07. The third-order valence-corrected chi connectivity index (χ3v) is 5.06. The number of likely N-dealkylation sites (N-methyl/N-ethyl adjacent to an activating group) is 1. The van der Waals surface area contributed by atoms with Gasteiger partial charge in [-0.05, 0) is 52.9 Å². The third-order valence-electron chi connectivity index (χ3n) is 5.06. The number of aromatic amines is 1. The van der Waals surface area contributed by atoms with Crippen molar-refractivity contribution in [3.8, 4) is 0 Å². The largest absolute Gasteiger partial charge is 0.458 e. The van der Waals surface area contributed by atoms with Gasteiger partial charge in [0, 0.05) is 29.9 Å². The number of H-pyrrole nitrogens is 1. The molecule has 1 heterocycles. The lowest BCUT2D eigenvalue weighted by atomic mass is 10.0. The van der Waals surface area contributed by atoms with E-state index in [0.717, 1.165) is 16.5 Å². The second-order valence-electron chi connectivity index (χ2n) is 9.67. The molecule has 0 bridgehead atoms. The topological polar surface area (TPSA) is 144 Å². The zero-order valence-electron chi connectivity index (χ0n) is 20.9. The van der Waals surface area contributed by atoms with Crippen LogP contribution in [0.5, 0.6) is 0 Å². The van der Waals surface area contributed by atoms with Gasteiger partial charge in [0.2, 0.25) is 11.8 Å². The second kappa shape index (κ2) is 12.3. The summed E-state index contributed by atoms with van der Waals surface area (Å²) in [5, 5.41) is 13.4. The fraction of sp³-hybridized carbons (Fsp3) is 0.480. The summed E-state index contributed by atoms with van der Waals surface area (Å²) in [6.45, 7) is 5.19. The van der Waals surface area contributed by atoms with Crippen LogP contribution < -0.4 is 10.6 Å². The summed E-state index contributed by atoms with van der Waals surface area (Å²) in [7, 11) is 3.49. The van der Waals surface area contributed by atoms with E-state index in [-0.39, 0.29) is 31.7 Å². The minimum absolute atomic E-state index is 0.0275. The van der Waals surface area contributed by atoms with Crippen LogP contribution in [-0.2, 0) is 30.3 Å². The number of Topliss-reactive ketones (excluding diaryl/α,β-unsaturated/α-hetero) is 1. The molecule has 2 atom stereocenters. The molecule has 2 rings (SSSR count). The highest BCUT2D eigenvalue weighted by Crippen LogP contribution is 2.19. The van der Waals surface area contributed by atoms with Gasteiger partial charge in [-0.15, -0.1) is 0 Å². The number of nitrogens with one attached hydrogen (secondary N) is 4. The first-order valence-electron chi connectivity index (χ1n) is 11.4. The van der Waals surface area contributed by atoms with E-state index < -0.39 is 35.3 Å². The molecule has 0 spiro atoms. The summed E-state index contributed by atoms with van der Waals surface area (Å²) in [6, 6.07) is 5.54. The first kappa shape index (κ1) is 27.7. The van der Waals surface area contributed by atoms with Gasteiger partial charge in [-0.1, -0.05) is 18.2 Å². The number of nitrogens with zero attached hydrogens (tertiary/aromatic N) is 1. The van der Waals surface area contributed by atoms with Gasteiger partial charge in [-0.25, -0.2) is 4.79 Å². The van der Waals surface area contributed by atoms with E-state index in [4.69, 9.17) is 10.1 Å². The van der Waals surface area contributed by atoms with E-state index in [1.165, 1.54) is 0 Å². The van der Waals surface area contributed by atoms with Crippen molar-refractivity contribution in [1.29, 1.82) is 5.41 Å². The summed E-state index contributed by atoms with van der Waals surface area (Å²) in [6.07, 6.45) is 2.52. The number of hydrogen-bond acceptors (Lipinski definition) is 7. The normalized spacial score (nSPS) is 13.2. The molecule has 0 saturated carbocycles. The quantitative estimate of drug-likeness (QED) is 0.265. The maximum atomic E-state index is 13.3. The van der Waals surface area contributed by atoms with E-state index in [1.54, 1.807) is 46.0 Å². The molecule has 0 radical (unpaired) electrons. The monoisotopic (exact) mass is 485 g/mol. The predicted molar refractivity (Wildman–Crippen MR) is 133 cm³/mol. The maximum Gasteiger partial charge on any atom is 0.329 e. The molecule has 0 fully saturated rings. The van der Waals surface area contributed by atoms with E-state index in [0.29, 0.717) is 6.21 Å². The molecule has 10 nitrogen and oxygen atoms in total. The highest BCUT2D eigenvalue weighted by molar-refractivity contribution is 6.26. The molecule has 2 aromatic rings. The molecule has 10 heteroatoms. The van der Waals surface area contributed by atoms with Crippen molar-refractivity contribution in [2.24, 2.45) is 0 Å². The highest BCUT2D eigenvalue weighted by atomic mass is 16.6. The smallest absolute Gasteiger partial charge is 0.329 e. The number of aromatic nitrogens is 1. The number of esters is 1. The van der Waals surface area contributed by atoms with Crippen LogP contribution in [0.1, 0.15) is 39.2 Å². The molecular formula is C25H35N5O5. The Morgan fingerprint density at radius 1 is 1.11 bits per heavy atom. The molecule has 0 saturated heterocycles. The first-order valence-corrected chi connectivity index (χ1v) is 11.4. The summed E-state index contributed by atoms with van der Waals surface area (Å²) in [4.78, 5) is 55.1. The molecule has 0 aliphatic heterocycles. The number of amides is 2. The first-order chi connectivity index (χ1) is 16.4.